The van der Waals surface area contributed by atoms with Gasteiger partial charge in [-0.2, -0.15) is 0 Å². The van der Waals surface area contributed by atoms with Crippen LogP contribution in [-0.2, 0) is 0 Å². The van der Waals surface area contributed by atoms with Crippen molar-refractivity contribution in [1.82, 2.24) is 0 Å². The van der Waals surface area contributed by atoms with E-state index < -0.39 is 0 Å². The number of methoxy groups -OCH3 is 1. The van der Waals surface area contributed by atoms with Gasteiger partial charge in [-0.05, 0) is 32.1 Å². The summed E-state index contributed by atoms with van der Waals surface area (Å²) in [6.07, 6.45) is 10.7. The lowest BCUT2D eigenvalue weighted by molar-refractivity contribution is 0.283. The van der Waals surface area contributed by atoms with Crippen LogP contribution in [0.4, 0.5) is 0 Å². The Labute approximate surface area is 185 Å². The van der Waals surface area contributed by atoms with Crippen molar-refractivity contribution in [3.8, 4) is 17.2 Å². The second-order valence-corrected chi connectivity index (χ2v) is 8.86. The van der Waals surface area contributed by atoms with Crippen molar-refractivity contribution in [2.45, 2.75) is 76.5 Å². The second-order valence-electron chi connectivity index (χ2n) is 7.56. The number of rotatable bonds is 15. The lowest BCUT2D eigenvalue weighted by Crippen LogP contribution is -2.03. The molecule has 0 fully saturated rings. The molecule has 0 bridgehead atoms. The largest absolute Gasteiger partial charge is 0.493 e. The van der Waals surface area contributed by atoms with Gasteiger partial charge in [0.25, 0.3) is 0 Å². The van der Waals surface area contributed by atoms with Gasteiger partial charge >= 0.3 is 0 Å². The van der Waals surface area contributed by atoms with Crippen LogP contribution >= 0.6 is 15.9 Å². The molecule has 162 valence electrons. The van der Waals surface area contributed by atoms with Crippen LogP contribution in [0, 0.1) is 0 Å². The SMILES string of the molecule is CCCCCCCOc1c(OC)cc(OCCCCC(Br)CC)c2ccccc12. The topological polar surface area (TPSA) is 27.7 Å². The van der Waals surface area contributed by atoms with Crippen molar-refractivity contribution >= 4 is 26.7 Å². The molecule has 2 aromatic rings. The normalized spacial score (nSPS) is 12.1. The van der Waals surface area contributed by atoms with Gasteiger partial charge < -0.3 is 14.2 Å². The first-order chi connectivity index (χ1) is 14.2. The molecule has 0 radical (unpaired) electrons. The quantitative estimate of drug-likeness (QED) is 0.198. The van der Waals surface area contributed by atoms with Gasteiger partial charge in [0.2, 0.25) is 0 Å². The van der Waals surface area contributed by atoms with Crippen LogP contribution in [0.2, 0.25) is 0 Å². The first-order valence-corrected chi connectivity index (χ1v) is 12.1. The number of halogens is 1. The molecule has 3 nitrogen and oxygen atoms in total. The fourth-order valence-electron chi connectivity index (χ4n) is 3.44. The van der Waals surface area contributed by atoms with Gasteiger partial charge in [0.15, 0.2) is 11.5 Å². The molecule has 0 spiro atoms. The fraction of sp³-hybridized carbons (Fsp3) is 0.600. The summed E-state index contributed by atoms with van der Waals surface area (Å²) in [5.74, 6) is 2.45. The number of ether oxygens (including phenoxy) is 3. The summed E-state index contributed by atoms with van der Waals surface area (Å²) < 4.78 is 18.0. The molecule has 1 unspecified atom stereocenters. The van der Waals surface area contributed by atoms with Crippen molar-refractivity contribution in [1.29, 1.82) is 0 Å². The van der Waals surface area contributed by atoms with Crippen molar-refractivity contribution in [2.24, 2.45) is 0 Å². The minimum absolute atomic E-state index is 0.613. The van der Waals surface area contributed by atoms with Gasteiger partial charge in [-0.25, -0.2) is 0 Å². The van der Waals surface area contributed by atoms with Crippen LogP contribution in [0.15, 0.2) is 30.3 Å². The molecule has 0 aromatic heterocycles. The summed E-state index contributed by atoms with van der Waals surface area (Å²) in [7, 11) is 1.70. The van der Waals surface area contributed by atoms with E-state index in [1.807, 2.05) is 18.2 Å². The second kappa shape index (κ2) is 13.7. The van der Waals surface area contributed by atoms with Crippen molar-refractivity contribution in [2.75, 3.05) is 20.3 Å². The number of hydrogen-bond donors (Lipinski definition) is 0. The Morgan fingerprint density at radius 1 is 0.828 bits per heavy atom. The van der Waals surface area contributed by atoms with Gasteiger partial charge in [0, 0.05) is 21.7 Å². The smallest absolute Gasteiger partial charge is 0.169 e. The molecule has 0 heterocycles. The molecule has 2 rings (SSSR count). The zero-order valence-electron chi connectivity index (χ0n) is 18.3. The maximum atomic E-state index is 6.17. The number of benzene rings is 2. The highest BCUT2D eigenvalue weighted by Crippen LogP contribution is 2.41. The molecule has 0 N–H and O–H groups in total. The van der Waals surface area contributed by atoms with Gasteiger partial charge in [-0.1, -0.05) is 79.7 Å². The molecule has 1 atom stereocenters. The predicted molar refractivity (Wildman–Crippen MR) is 127 cm³/mol. The lowest BCUT2D eigenvalue weighted by atomic mass is 10.1. The molecular formula is C25H37BrO3. The van der Waals surface area contributed by atoms with Gasteiger partial charge in [0.1, 0.15) is 5.75 Å². The third kappa shape index (κ3) is 7.73. The van der Waals surface area contributed by atoms with E-state index in [2.05, 4.69) is 41.9 Å². The number of fused-ring (bicyclic) bond motifs is 1. The highest BCUT2D eigenvalue weighted by molar-refractivity contribution is 9.09. The third-order valence-electron chi connectivity index (χ3n) is 5.25. The predicted octanol–water partition coefficient (Wildman–Crippen LogP) is 7.92. The Morgan fingerprint density at radius 2 is 1.52 bits per heavy atom. The third-order valence-corrected chi connectivity index (χ3v) is 6.35. The minimum Gasteiger partial charge on any atom is -0.493 e. The Bertz CT molecular complexity index is 717. The zero-order valence-corrected chi connectivity index (χ0v) is 19.9. The Balaban J connectivity index is 2.03. The maximum Gasteiger partial charge on any atom is 0.169 e. The molecule has 2 aromatic carbocycles. The molecule has 0 amide bonds. The first kappa shape index (κ1) is 23.9. The number of hydrogen-bond acceptors (Lipinski definition) is 3. The zero-order chi connectivity index (χ0) is 20.9. The fourth-order valence-corrected chi connectivity index (χ4v) is 3.77. The maximum absolute atomic E-state index is 6.17. The van der Waals surface area contributed by atoms with Crippen LogP contribution in [0.3, 0.4) is 0 Å². The Hall–Kier alpha value is -1.42. The highest BCUT2D eigenvalue weighted by Gasteiger charge is 2.15. The van der Waals surface area contributed by atoms with Crippen molar-refractivity contribution in [3.05, 3.63) is 30.3 Å². The molecule has 0 aliphatic heterocycles. The van der Waals surface area contributed by atoms with Crippen LogP contribution in [-0.4, -0.2) is 25.2 Å². The van der Waals surface area contributed by atoms with E-state index in [4.69, 9.17) is 14.2 Å². The summed E-state index contributed by atoms with van der Waals surface area (Å²) in [6, 6.07) is 10.3. The summed E-state index contributed by atoms with van der Waals surface area (Å²) >= 11 is 3.70. The monoisotopic (exact) mass is 464 g/mol. The van der Waals surface area contributed by atoms with E-state index in [-0.39, 0.29) is 0 Å². The Kier molecular flexibility index (Phi) is 11.3. The summed E-state index contributed by atoms with van der Waals surface area (Å²) in [4.78, 5) is 0.613. The molecule has 0 saturated heterocycles. The summed E-state index contributed by atoms with van der Waals surface area (Å²) in [6.45, 7) is 5.88. The van der Waals surface area contributed by atoms with Crippen LogP contribution < -0.4 is 14.2 Å². The van der Waals surface area contributed by atoms with Crippen LogP contribution in [0.5, 0.6) is 17.2 Å². The molecule has 0 saturated carbocycles. The molecule has 4 heteroatoms. The molecular weight excluding hydrogens is 428 g/mol. The Morgan fingerprint density at radius 3 is 2.24 bits per heavy atom. The standard InChI is InChI=1S/C25H37BrO3/c1-4-6-7-8-12-18-29-25-22-16-10-9-15-21(22)23(19-24(25)27-3)28-17-13-11-14-20(26)5-2/h9-10,15-16,19-20H,4-8,11-14,17-18H2,1-3H3. The molecule has 0 aliphatic rings. The van der Waals surface area contributed by atoms with E-state index in [1.54, 1.807) is 7.11 Å². The van der Waals surface area contributed by atoms with E-state index in [0.29, 0.717) is 11.4 Å². The van der Waals surface area contributed by atoms with Crippen LogP contribution in [0.25, 0.3) is 10.8 Å². The minimum atomic E-state index is 0.613. The van der Waals surface area contributed by atoms with Crippen molar-refractivity contribution in [3.63, 3.8) is 0 Å². The number of alkyl halides is 1. The van der Waals surface area contributed by atoms with Gasteiger partial charge in [-0.3, -0.25) is 0 Å². The van der Waals surface area contributed by atoms with Gasteiger partial charge in [-0.15, -0.1) is 0 Å². The van der Waals surface area contributed by atoms with Crippen LogP contribution in [0.1, 0.15) is 71.6 Å². The molecule has 29 heavy (non-hydrogen) atoms. The van der Waals surface area contributed by atoms with E-state index in [1.165, 1.54) is 38.5 Å². The van der Waals surface area contributed by atoms with E-state index in [9.17, 15) is 0 Å². The van der Waals surface area contributed by atoms with Gasteiger partial charge in [0.05, 0.1) is 20.3 Å². The van der Waals surface area contributed by atoms with E-state index >= 15 is 0 Å². The van der Waals surface area contributed by atoms with E-state index in [0.717, 1.165) is 53.9 Å². The molecule has 0 aliphatic carbocycles. The lowest BCUT2D eigenvalue weighted by Gasteiger charge is -2.17. The van der Waals surface area contributed by atoms with Crippen molar-refractivity contribution < 1.29 is 14.2 Å². The average molecular weight is 465 g/mol. The first-order valence-electron chi connectivity index (χ1n) is 11.2. The average Bonchev–Trinajstić information content (AvgIpc) is 2.76. The number of unbranched alkanes of at least 4 members (excludes halogenated alkanes) is 5. The highest BCUT2D eigenvalue weighted by atomic mass is 79.9. The summed E-state index contributed by atoms with van der Waals surface area (Å²) in [5.41, 5.74) is 0. The summed E-state index contributed by atoms with van der Waals surface area (Å²) in [5, 5.41) is 2.14.